The van der Waals surface area contributed by atoms with Crippen LogP contribution in [0, 0.1) is 0 Å². The minimum Gasteiger partial charge on any atom is -0.480 e. The second-order valence-corrected chi connectivity index (χ2v) is 8.14. The molecule has 0 bridgehead atoms. The van der Waals surface area contributed by atoms with Gasteiger partial charge >= 0.3 is 5.97 Å². The number of nitrogens with zero attached hydrogens (tertiary/aromatic N) is 1. The van der Waals surface area contributed by atoms with Gasteiger partial charge in [0.1, 0.15) is 11.4 Å². The number of halogens is 2. The lowest BCUT2D eigenvalue weighted by Gasteiger charge is -2.26. The van der Waals surface area contributed by atoms with E-state index >= 15 is 0 Å². The number of rotatable bonds is 5. The van der Waals surface area contributed by atoms with Crippen molar-refractivity contribution in [3.05, 3.63) is 27.7 Å². The van der Waals surface area contributed by atoms with Crippen LogP contribution < -0.4 is 0 Å². The molecule has 0 heterocycles. The van der Waals surface area contributed by atoms with Gasteiger partial charge in [-0.15, -0.1) is 0 Å². The summed E-state index contributed by atoms with van der Waals surface area (Å²) in [6.07, 6.45) is 3.18. The number of aliphatic carboxylic acids is 1. The van der Waals surface area contributed by atoms with Crippen LogP contribution in [0.1, 0.15) is 25.7 Å². The van der Waals surface area contributed by atoms with Gasteiger partial charge in [0.25, 0.3) is 0 Å². The normalized spacial score (nSPS) is 16.5. The van der Waals surface area contributed by atoms with Gasteiger partial charge in [0.2, 0.25) is 10.0 Å². The number of carbonyl (C=O) groups is 1. The molecule has 1 aromatic rings. The molecule has 1 saturated carbocycles. The van der Waals surface area contributed by atoms with E-state index in [1.54, 1.807) is 6.07 Å². The second-order valence-electron chi connectivity index (χ2n) is 4.96. The van der Waals surface area contributed by atoms with Crippen LogP contribution in [0.4, 0.5) is 0 Å². The van der Waals surface area contributed by atoms with Crippen LogP contribution in [0.25, 0.3) is 0 Å². The molecule has 0 amide bonds. The van der Waals surface area contributed by atoms with E-state index in [0.717, 1.165) is 17.1 Å². The maximum absolute atomic E-state index is 12.7. The van der Waals surface area contributed by atoms with Crippen LogP contribution in [0.15, 0.2) is 27.6 Å². The van der Waals surface area contributed by atoms with Gasteiger partial charge in [-0.2, -0.15) is 4.31 Å². The molecule has 0 saturated heterocycles. The van der Waals surface area contributed by atoms with Crippen molar-refractivity contribution < 1.29 is 18.3 Å². The Labute approximate surface area is 137 Å². The van der Waals surface area contributed by atoms with Gasteiger partial charge in [-0.25, -0.2) is 8.42 Å². The van der Waals surface area contributed by atoms with E-state index in [-0.39, 0.29) is 16.0 Å². The Morgan fingerprint density at radius 2 is 2.00 bits per heavy atom. The number of carboxylic acid groups (broad SMARTS) is 1. The Morgan fingerprint density at radius 1 is 1.38 bits per heavy atom. The number of benzene rings is 1. The highest BCUT2D eigenvalue weighted by atomic mass is 79.9. The van der Waals surface area contributed by atoms with Crippen molar-refractivity contribution in [3.8, 4) is 0 Å². The molecular weight excluding hydrogens is 382 g/mol. The molecule has 1 aliphatic carbocycles. The van der Waals surface area contributed by atoms with Crippen LogP contribution >= 0.6 is 27.5 Å². The summed E-state index contributed by atoms with van der Waals surface area (Å²) in [4.78, 5) is 11.0. The second kappa shape index (κ2) is 6.64. The summed E-state index contributed by atoms with van der Waals surface area (Å²) in [6, 6.07) is 4.19. The van der Waals surface area contributed by atoms with Crippen LogP contribution in [-0.2, 0) is 14.8 Å². The standard InChI is InChI=1S/C13H15BrClNO4S/c14-9-5-6-12(11(15)7-9)21(19,20)16(8-13(17)18)10-3-1-2-4-10/h5-7,10H,1-4,8H2,(H,17,18). The molecule has 0 aliphatic heterocycles. The van der Waals surface area contributed by atoms with Crippen LogP contribution in [-0.4, -0.2) is 36.4 Å². The predicted molar refractivity (Wildman–Crippen MR) is 82.9 cm³/mol. The summed E-state index contributed by atoms with van der Waals surface area (Å²) in [5.41, 5.74) is 0. The van der Waals surface area contributed by atoms with E-state index in [9.17, 15) is 13.2 Å². The van der Waals surface area contributed by atoms with Gasteiger partial charge in [-0.1, -0.05) is 40.4 Å². The molecular formula is C13H15BrClNO4S. The summed E-state index contributed by atoms with van der Waals surface area (Å²) in [5.74, 6) is -1.17. The zero-order valence-corrected chi connectivity index (χ0v) is 14.3. The Balaban J connectivity index is 2.43. The quantitative estimate of drug-likeness (QED) is 0.830. The molecule has 2 rings (SSSR count). The lowest BCUT2D eigenvalue weighted by atomic mass is 10.2. The van der Waals surface area contributed by atoms with Crippen molar-refractivity contribution in [2.75, 3.05) is 6.54 Å². The van der Waals surface area contributed by atoms with Crippen LogP contribution in [0.5, 0.6) is 0 Å². The first-order valence-electron chi connectivity index (χ1n) is 6.51. The van der Waals surface area contributed by atoms with E-state index in [4.69, 9.17) is 16.7 Å². The zero-order chi connectivity index (χ0) is 15.6. The Hall–Kier alpha value is -0.630. The molecule has 1 fully saturated rings. The SMILES string of the molecule is O=C(O)CN(C1CCCC1)S(=O)(=O)c1ccc(Br)cc1Cl. The minimum absolute atomic E-state index is 0.0551. The topological polar surface area (TPSA) is 74.7 Å². The molecule has 116 valence electrons. The van der Waals surface area contributed by atoms with E-state index in [1.807, 2.05) is 0 Å². The lowest BCUT2D eigenvalue weighted by molar-refractivity contribution is -0.137. The first kappa shape index (κ1) is 16.7. The molecule has 1 aromatic carbocycles. The van der Waals surface area contributed by atoms with E-state index < -0.39 is 22.5 Å². The molecule has 0 spiro atoms. The third kappa shape index (κ3) is 3.77. The summed E-state index contributed by atoms with van der Waals surface area (Å²) in [7, 11) is -3.93. The molecule has 1 aliphatic rings. The maximum Gasteiger partial charge on any atom is 0.318 e. The maximum atomic E-state index is 12.7. The Morgan fingerprint density at radius 3 is 2.52 bits per heavy atom. The molecule has 1 N–H and O–H groups in total. The average Bonchev–Trinajstić information content (AvgIpc) is 2.88. The molecule has 21 heavy (non-hydrogen) atoms. The van der Waals surface area contributed by atoms with Crippen molar-refractivity contribution >= 4 is 43.5 Å². The summed E-state index contributed by atoms with van der Waals surface area (Å²) >= 11 is 9.24. The predicted octanol–water partition coefficient (Wildman–Crippen LogP) is 3.12. The summed E-state index contributed by atoms with van der Waals surface area (Å²) < 4.78 is 27.2. The molecule has 8 heteroatoms. The Bertz CT molecular complexity index is 644. The van der Waals surface area contributed by atoms with E-state index in [2.05, 4.69) is 15.9 Å². The van der Waals surface area contributed by atoms with Gasteiger partial charge in [0.05, 0.1) is 5.02 Å². The highest BCUT2D eigenvalue weighted by Gasteiger charge is 2.35. The third-order valence-corrected chi connectivity index (χ3v) is 6.38. The van der Waals surface area contributed by atoms with Crippen molar-refractivity contribution in [1.82, 2.24) is 4.31 Å². The van der Waals surface area contributed by atoms with Crippen LogP contribution in [0.2, 0.25) is 5.02 Å². The van der Waals surface area contributed by atoms with E-state index in [1.165, 1.54) is 12.1 Å². The van der Waals surface area contributed by atoms with Gasteiger partial charge < -0.3 is 5.11 Å². The summed E-state index contributed by atoms with van der Waals surface area (Å²) in [6.45, 7) is -0.542. The number of hydrogen-bond donors (Lipinski definition) is 1. The molecule has 0 atom stereocenters. The van der Waals surface area contributed by atoms with Crippen LogP contribution in [0.3, 0.4) is 0 Å². The van der Waals surface area contributed by atoms with Gasteiger partial charge in [0, 0.05) is 10.5 Å². The fourth-order valence-corrected chi connectivity index (χ4v) is 5.19. The van der Waals surface area contributed by atoms with Crippen molar-refractivity contribution in [1.29, 1.82) is 0 Å². The van der Waals surface area contributed by atoms with Gasteiger partial charge in [0.15, 0.2) is 0 Å². The smallest absolute Gasteiger partial charge is 0.318 e. The first-order valence-corrected chi connectivity index (χ1v) is 9.12. The highest BCUT2D eigenvalue weighted by Crippen LogP contribution is 2.32. The largest absolute Gasteiger partial charge is 0.480 e. The van der Waals surface area contributed by atoms with Crippen molar-refractivity contribution in [3.63, 3.8) is 0 Å². The average molecular weight is 397 g/mol. The zero-order valence-electron chi connectivity index (χ0n) is 11.1. The summed E-state index contributed by atoms with van der Waals surface area (Å²) in [5, 5.41) is 9.10. The molecule has 5 nitrogen and oxygen atoms in total. The number of hydrogen-bond acceptors (Lipinski definition) is 3. The number of sulfonamides is 1. The molecule has 0 unspecified atom stereocenters. The van der Waals surface area contributed by atoms with Gasteiger partial charge in [-0.05, 0) is 31.0 Å². The highest BCUT2D eigenvalue weighted by molar-refractivity contribution is 9.10. The Kier molecular flexibility index (Phi) is 5.29. The molecule has 0 radical (unpaired) electrons. The van der Waals surface area contributed by atoms with Crippen molar-refractivity contribution in [2.45, 2.75) is 36.6 Å². The number of carboxylic acids is 1. The minimum atomic E-state index is -3.93. The monoisotopic (exact) mass is 395 g/mol. The third-order valence-electron chi connectivity index (χ3n) is 3.50. The first-order chi connectivity index (χ1) is 9.82. The van der Waals surface area contributed by atoms with E-state index in [0.29, 0.717) is 17.3 Å². The fraction of sp³-hybridized carbons (Fsp3) is 0.462. The van der Waals surface area contributed by atoms with Gasteiger partial charge in [-0.3, -0.25) is 4.79 Å². The van der Waals surface area contributed by atoms with Crippen molar-refractivity contribution in [2.24, 2.45) is 0 Å². The molecule has 0 aromatic heterocycles. The lowest BCUT2D eigenvalue weighted by Crippen LogP contribution is -2.42. The fourth-order valence-electron chi connectivity index (χ4n) is 2.55.